The van der Waals surface area contributed by atoms with Gasteiger partial charge in [-0.05, 0) is 23.8 Å². The van der Waals surface area contributed by atoms with Gasteiger partial charge in [0.25, 0.3) is 0 Å². The first-order chi connectivity index (χ1) is 16.0. The minimum atomic E-state index is -3.61. The number of rotatable bonds is 6. The van der Waals surface area contributed by atoms with Gasteiger partial charge in [-0.3, -0.25) is 4.79 Å². The highest BCUT2D eigenvalue weighted by Gasteiger charge is 2.26. The maximum Gasteiger partial charge on any atom is 0.243 e. The summed E-state index contributed by atoms with van der Waals surface area (Å²) in [6, 6.07) is 14.5. The number of fused-ring (bicyclic) bond motifs is 1. The zero-order valence-corrected chi connectivity index (χ0v) is 19.3. The third-order valence-electron chi connectivity index (χ3n) is 5.46. The number of nitrogens with zero attached hydrogens (tertiary/aromatic N) is 2. The summed E-state index contributed by atoms with van der Waals surface area (Å²) in [4.78, 5) is 20.6. The van der Waals surface area contributed by atoms with Gasteiger partial charge in [-0.15, -0.1) is 11.3 Å². The van der Waals surface area contributed by atoms with Crippen LogP contribution in [-0.2, 0) is 26.0 Å². The van der Waals surface area contributed by atoms with Crippen LogP contribution in [0, 0.1) is 0 Å². The fourth-order valence-corrected chi connectivity index (χ4v) is 6.09. The SMILES string of the molecule is O=C(Cc1cccc(S(=O)(=O)N2CCOCC2)c1)Nc1csc(-c2c[nH]c3ccccc23)n1. The average molecular weight is 483 g/mol. The van der Waals surface area contributed by atoms with E-state index in [0.717, 1.165) is 21.5 Å². The summed E-state index contributed by atoms with van der Waals surface area (Å²) in [5.74, 6) is 0.217. The molecule has 33 heavy (non-hydrogen) atoms. The van der Waals surface area contributed by atoms with Crippen molar-refractivity contribution in [3.8, 4) is 10.6 Å². The molecular formula is C23H22N4O4S2. The lowest BCUT2D eigenvalue weighted by Crippen LogP contribution is -2.40. The first-order valence-corrected chi connectivity index (χ1v) is 12.8. The van der Waals surface area contributed by atoms with Crippen molar-refractivity contribution in [3.05, 3.63) is 65.7 Å². The van der Waals surface area contributed by atoms with Crippen LogP contribution in [0.25, 0.3) is 21.5 Å². The molecule has 1 aliphatic heterocycles. The molecule has 5 rings (SSSR count). The molecule has 1 amide bonds. The molecule has 170 valence electrons. The number of ether oxygens (including phenoxy) is 1. The Labute approximate surface area is 195 Å². The van der Waals surface area contributed by atoms with Gasteiger partial charge in [0.1, 0.15) is 10.8 Å². The van der Waals surface area contributed by atoms with E-state index in [9.17, 15) is 13.2 Å². The van der Waals surface area contributed by atoms with Crippen LogP contribution in [0.4, 0.5) is 5.82 Å². The highest BCUT2D eigenvalue weighted by atomic mass is 32.2. The average Bonchev–Trinajstić information content (AvgIpc) is 3.46. The molecule has 3 heterocycles. The number of carbonyl (C=O) groups excluding carboxylic acids is 1. The molecule has 1 aliphatic rings. The number of aromatic amines is 1. The molecule has 0 unspecified atom stereocenters. The van der Waals surface area contributed by atoms with Crippen molar-refractivity contribution in [1.29, 1.82) is 0 Å². The molecule has 0 spiro atoms. The van der Waals surface area contributed by atoms with Crippen LogP contribution in [0.5, 0.6) is 0 Å². The van der Waals surface area contributed by atoms with Gasteiger partial charge in [0.05, 0.1) is 24.5 Å². The number of para-hydroxylation sites is 1. The van der Waals surface area contributed by atoms with Crippen LogP contribution in [0.3, 0.4) is 0 Å². The maximum atomic E-state index is 12.9. The Morgan fingerprint density at radius 3 is 2.82 bits per heavy atom. The van der Waals surface area contributed by atoms with Crippen molar-refractivity contribution >= 4 is 44.0 Å². The summed E-state index contributed by atoms with van der Waals surface area (Å²) < 4.78 is 32.4. The van der Waals surface area contributed by atoms with Crippen LogP contribution in [0.1, 0.15) is 5.56 Å². The number of benzene rings is 2. The number of nitrogens with one attached hydrogen (secondary N) is 2. The Balaban J connectivity index is 1.28. The van der Waals surface area contributed by atoms with Gasteiger partial charge in [-0.2, -0.15) is 4.31 Å². The van der Waals surface area contributed by atoms with E-state index in [0.29, 0.717) is 37.7 Å². The van der Waals surface area contributed by atoms with Crippen LogP contribution in [-0.4, -0.2) is 54.9 Å². The molecule has 8 nitrogen and oxygen atoms in total. The van der Waals surface area contributed by atoms with Gasteiger partial charge in [-0.25, -0.2) is 13.4 Å². The van der Waals surface area contributed by atoms with Gasteiger partial charge in [0, 0.05) is 41.1 Å². The summed E-state index contributed by atoms with van der Waals surface area (Å²) in [7, 11) is -3.61. The zero-order valence-electron chi connectivity index (χ0n) is 17.7. The number of carbonyl (C=O) groups is 1. The highest BCUT2D eigenvalue weighted by molar-refractivity contribution is 7.89. The number of hydrogen-bond acceptors (Lipinski definition) is 6. The number of aromatic nitrogens is 2. The minimum absolute atomic E-state index is 0.0480. The van der Waals surface area contributed by atoms with Gasteiger partial charge in [-0.1, -0.05) is 30.3 Å². The summed E-state index contributed by atoms with van der Waals surface area (Å²) in [5, 5.41) is 6.50. The summed E-state index contributed by atoms with van der Waals surface area (Å²) >= 11 is 1.45. The van der Waals surface area contributed by atoms with E-state index in [4.69, 9.17) is 4.74 Å². The number of amides is 1. The first kappa shape index (κ1) is 21.8. The van der Waals surface area contributed by atoms with E-state index in [2.05, 4.69) is 15.3 Å². The molecule has 4 aromatic rings. The fourth-order valence-electron chi connectivity index (χ4n) is 3.83. The Morgan fingerprint density at radius 2 is 1.97 bits per heavy atom. The second kappa shape index (κ2) is 9.06. The Morgan fingerprint density at radius 1 is 1.15 bits per heavy atom. The number of anilines is 1. The molecule has 1 saturated heterocycles. The van der Waals surface area contributed by atoms with E-state index in [1.807, 2.05) is 30.5 Å². The molecular weight excluding hydrogens is 460 g/mol. The zero-order chi connectivity index (χ0) is 22.8. The van der Waals surface area contributed by atoms with Gasteiger partial charge >= 0.3 is 0 Å². The first-order valence-electron chi connectivity index (χ1n) is 10.5. The monoisotopic (exact) mass is 482 g/mol. The highest BCUT2D eigenvalue weighted by Crippen LogP contribution is 2.32. The van der Waals surface area contributed by atoms with Gasteiger partial charge in [0.2, 0.25) is 15.9 Å². The van der Waals surface area contributed by atoms with Crippen molar-refractivity contribution in [3.63, 3.8) is 0 Å². The molecule has 0 radical (unpaired) electrons. The molecule has 2 aromatic heterocycles. The maximum absolute atomic E-state index is 12.9. The Bertz CT molecular complexity index is 1400. The third kappa shape index (κ3) is 4.55. The fraction of sp³-hybridized carbons (Fsp3) is 0.217. The van der Waals surface area contributed by atoms with E-state index >= 15 is 0 Å². The summed E-state index contributed by atoms with van der Waals surface area (Å²) in [5.41, 5.74) is 2.63. The lowest BCUT2D eigenvalue weighted by atomic mass is 10.1. The quantitative estimate of drug-likeness (QED) is 0.438. The molecule has 0 aliphatic carbocycles. The van der Waals surface area contributed by atoms with E-state index < -0.39 is 10.0 Å². The molecule has 2 aromatic carbocycles. The van der Waals surface area contributed by atoms with E-state index in [1.165, 1.54) is 15.6 Å². The van der Waals surface area contributed by atoms with E-state index in [1.54, 1.807) is 29.6 Å². The Hall–Kier alpha value is -3.05. The second-order valence-corrected chi connectivity index (χ2v) is 10.5. The smallest absolute Gasteiger partial charge is 0.243 e. The molecule has 0 saturated carbocycles. The van der Waals surface area contributed by atoms with Gasteiger partial charge < -0.3 is 15.0 Å². The van der Waals surface area contributed by atoms with Crippen LogP contribution in [0.15, 0.2) is 65.0 Å². The Kier molecular flexibility index (Phi) is 5.98. The number of thiazole rings is 1. The topological polar surface area (TPSA) is 104 Å². The molecule has 0 bridgehead atoms. The van der Waals surface area contributed by atoms with Gasteiger partial charge in [0.15, 0.2) is 0 Å². The lowest BCUT2D eigenvalue weighted by Gasteiger charge is -2.26. The molecule has 10 heteroatoms. The van der Waals surface area contributed by atoms with Crippen LogP contribution >= 0.6 is 11.3 Å². The number of morpholine rings is 1. The predicted molar refractivity (Wildman–Crippen MR) is 128 cm³/mol. The van der Waals surface area contributed by atoms with E-state index in [-0.39, 0.29) is 17.2 Å². The van der Waals surface area contributed by atoms with Crippen molar-refractivity contribution in [2.75, 3.05) is 31.6 Å². The predicted octanol–water partition coefficient (Wildman–Crippen LogP) is 3.49. The minimum Gasteiger partial charge on any atom is -0.379 e. The number of hydrogen-bond donors (Lipinski definition) is 2. The van der Waals surface area contributed by atoms with Crippen molar-refractivity contribution in [2.24, 2.45) is 0 Å². The molecule has 0 atom stereocenters. The number of H-pyrrole nitrogens is 1. The van der Waals surface area contributed by atoms with Crippen molar-refractivity contribution in [1.82, 2.24) is 14.3 Å². The lowest BCUT2D eigenvalue weighted by molar-refractivity contribution is -0.115. The molecule has 1 fully saturated rings. The summed E-state index contributed by atoms with van der Waals surface area (Å²) in [6.45, 7) is 1.43. The number of sulfonamides is 1. The standard InChI is InChI=1S/C23H22N4O4S2/c28-22(13-16-4-3-5-17(12-16)33(29,30)27-8-10-31-11-9-27)25-21-15-32-23(26-21)19-14-24-20-7-2-1-6-18(19)20/h1-7,12,14-15,24H,8-11,13H2,(H,25,28). The summed E-state index contributed by atoms with van der Waals surface area (Å²) in [6.07, 6.45) is 1.96. The van der Waals surface area contributed by atoms with Crippen molar-refractivity contribution < 1.29 is 17.9 Å². The molecule has 2 N–H and O–H groups in total. The van der Waals surface area contributed by atoms with Crippen LogP contribution < -0.4 is 5.32 Å². The van der Waals surface area contributed by atoms with Crippen molar-refractivity contribution in [2.45, 2.75) is 11.3 Å². The van der Waals surface area contributed by atoms with Crippen LogP contribution in [0.2, 0.25) is 0 Å². The third-order valence-corrected chi connectivity index (χ3v) is 8.23. The second-order valence-electron chi connectivity index (χ2n) is 7.67. The normalized spacial score (nSPS) is 15.0. The largest absolute Gasteiger partial charge is 0.379 e.